The summed E-state index contributed by atoms with van der Waals surface area (Å²) in [5.41, 5.74) is 4.50. The van der Waals surface area contributed by atoms with Crippen molar-refractivity contribution in [1.29, 1.82) is 0 Å². The molecular weight excluding hydrogens is 466 g/mol. The number of thioether (sulfide) groups is 1. The van der Waals surface area contributed by atoms with Gasteiger partial charge in [0, 0.05) is 0 Å². The Morgan fingerprint density at radius 2 is 2.00 bits per heavy atom. The molecule has 1 atom stereocenters. The van der Waals surface area contributed by atoms with Crippen molar-refractivity contribution in [3.05, 3.63) is 69.6 Å². The van der Waals surface area contributed by atoms with E-state index >= 15 is 0 Å². The summed E-state index contributed by atoms with van der Waals surface area (Å²) in [5, 5.41) is 0.552. The largest absolute Gasteiger partial charge is 1.00 e. The van der Waals surface area contributed by atoms with Crippen LogP contribution in [-0.4, -0.2) is 0 Å². The van der Waals surface area contributed by atoms with Gasteiger partial charge in [-0.15, -0.1) is 0 Å². The van der Waals surface area contributed by atoms with Gasteiger partial charge >= 0.3 is 138 Å². The van der Waals surface area contributed by atoms with Gasteiger partial charge in [0.05, 0.1) is 0 Å². The zero-order valence-corrected chi connectivity index (χ0v) is 17.3. The summed E-state index contributed by atoms with van der Waals surface area (Å²) in [5.74, 6) is 0. The standard InChI is InChI=1S/C11H6BrS.C5H5.2ClH.Zr/c12-10-6-8-5-7-3-1-2-4-9(7)11(8)13-10;1-2-4-5-3-1;;;/h1-5,11H;1-3H,4H2;2*1H;/q;;;;+2/p-2. The second-order valence-electron chi connectivity index (χ2n) is 4.82. The molecule has 106 valence electrons. The van der Waals surface area contributed by atoms with Crippen molar-refractivity contribution < 1.29 is 48.0 Å². The van der Waals surface area contributed by atoms with Crippen LogP contribution in [0.1, 0.15) is 22.8 Å². The number of benzene rings is 1. The molecule has 0 bridgehead atoms. The Labute approximate surface area is 161 Å². The summed E-state index contributed by atoms with van der Waals surface area (Å²) in [7, 11) is 0. The molecule has 1 heterocycles. The average Bonchev–Trinajstić information content (AvgIpc) is 3.09. The third-order valence-corrected chi connectivity index (χ3v) is 10.7. The van der Waals surface area contributed by atoms with E-state index in [0.717, 1.165) is 0 Å². The molecule has 3 aliphatic rings. The molecule has 0 fully saturated rings. The molecule has 2 aliphatic carbocycles. The van der Waals surface area contributed by atoms with Gasteiger partial charge in [0.25, 0.3) is 0 Å². The first kappa shape index (κ1) is 17.8. The average molecular weight is 477 g/mol. The first-order valence-corrected chi connectivity index (χ1v) is 10.5. The summed E-state index contributed by atoms with van der Waals surface area (Å²) in [6.45, 7) is 0. The summed E-state index contributed by atoms with van der Waals surface area (Å²) in [6.07, 6.45) is 10.4. The number of fused-ring (bicyclic) bond motifs is 3. The van der Waals surface area contributed by atoms with Crippen LogP contribution in [0.3, 0.4) is 0 Å². The molecule has 1 unspecified atom stereocenters. The number of hydrogen-bond donors (Lipinski definition) is 0. The van der Waals surface area contributed by atoms with Crippen LogP contribution in [0.2, 0.25) is 0 Å². The molecule has 0 spiro atoms. The van der Waals surface area contributed by atoms with E-state index in [1.807, 2.05) is 11.8 Å². The SMILES string of the molecule is BrC1=[C]([Zr+2][C]2=CC=CC2)C2=Cc3ccccc3C2S1.[Cl-].[Cl-]. The molecule has 0 aromatic heterocycles. The number of allylic oxidation sites excluding steroid dienone is 5. The summed E-state index contributed by atoms with van der Waals surface area (Å²) < 4.78 is 4.75. The second-order valence-corrected chi connectivity index (χ2v) is 10.7. The van der Waals surface area contributed by atoms with Crippen molar-refractivity contribution in [3.63, 3.8) is 0 Å². The first-order chi connectivity index (χ1) is 9.33. The van der Waals surface area contributed by atoms with Gasteiger partial charge in [-0.05, 0) is 0 Å². The van der Waals surface area contributed by atoms with Gasteiger partial charge in [-0.3, -0.25) is 0 Å². The Balaban J connectivity index is 0.000000807. The van der Waals surface area contributed by atoms with E-state index in [2.05, 4.69) is 64.5 Å². The first-order valence-electron chi connectivity index (χ1n) is 6.33. The fourth-order valence-corrected chi connectivity index (χ4v) is 9.09. The second kappa shape index (κ2) is 7.36. The van der Waals surface area contributed by atoms with E-state index in [-0.39, 0.29) is 24.8 Å². The molecule has 0 radical (unpaired) electrons. The molecular formula is C16H11BrCl2SZr. The van der Waals surface area contributed by atoms with E-state index in [1.54, 1.807) is 12.1 Å². The van der Waals surface area contributed by atoms with Crippen molar-refractivity contribution in [2.45, 2.75) is 11.7 Å². The maximum absolute atomic E-state index is 3.82. The van der Waals surface area contributed by atoms with Crippen molar-refractivity contribution >= 4 is 33.8 Å². The van der Waals surface area contributed by atoms with Crippen LogP contribution in [0.25, 0.3) is 6.08 Å². The predicted octanol–water partition coefficient (Wildman–Crippen LogP) is -0.630. The maximum Gasteiger partial charge on any atom is -1.00 e. The normalized spacial score (nSPS) is 20.9. The molecule has 21 heavy (non-hydrogen) atoms. The molecule has 1 aromatic carbocycles. The Bertz CT molecular complexity index is 691. The molecule has 0 amide bonds. The molecule has 1 aromatic rings. The molecule has 1 aliphatic heterocycles. The quantitative estimate of drug-likeness (QED) is 0.547. The fourth-order valence-electron chi connectivity index (χ4n) is 2.72. The van der Waals surface area contributed by atoms with Crippen LogP contribution < -0.4 is 24.8 Å². The van der Waals surface area contributed by atoms with Crippen molar-refractivity contribution in [2.24, 2.45) is 0 Å². The summed E-state index contributed by atoms with van der Waals surface area (Å²) in [6, 6.07) is 8.82. The van der Waals surface area contributed by atoms with E-state index in [4.69, 9.17) is 0 Å². The van der Waals surface area contributed by atoms with E-state index in [0.29, 0.717) is 5.25 Å². The van der Waals surface area contributed by atoms with Crippen LogP contribution in [0, 0.1) is 0 Å². The zero-order valence-electron chi connectivity index (χ0n) is 10.9. The Morgan fingerprint density at radius 1 is 1.19 bits per heavy atom. The predicted molar refractivity (Wildman–Crippen MR) is 82.5 cm³/mol. The number of rotatable bonds is 2. The molecule has 4 rings (SSSR count). The summed E-state index contributed by atoms with van der Waals surface area (Å²) >= 11 is 5.19. The molecule has 0 nitrogen and oxygen atoms in total. The Kier molecular flexibility index (Phi) is 6.25. The van der Waals surface area contributed by atoms with Crippen LogP contribution in [0.5, 0.6) is 0 Å². The van der Waals surface area contributed by atoms with Gasteiger partial charge in [0.1, 0.15) is 0 Å². The maximum atomic E-state index is 3.82. The topological polar surface area (TPSA) is 0 Å². The van der Waals surface area contributed by atoms with E-state index < -0.39 is 23.2 Å². The zero-order chi connectivity index (χ0) is 12.8. The minimum Gasteiger partial charge on any atom is -1.00 e. The van der Waals surface area contributed by atoms with E-state index in [9.17, 15) is 0 Å². The minimum atomic E-state index is -0.617. The third-order valence-electron chi connectivity index (χ3n) is 3.64. The smallest absolute Gasteiger partial charge is 1.00 e. The van der Waals surface area contributed by atoms with Crippen molar-refractivity contribution in [2.75, 3.05) is 0 Å². The van der Waals surface area contributed by atoms with Gasteiger partial charge in [-0.2, -0.15) is 0 Å². The van der Waals surface area contributed by atoms with Crippen LogP contribution in [0.4, 0.5) is 0 Å². The Hall–Kier alpha value is 0.473. The number of hydrogen-bond acceptors (Lipinski definition) is 1. The van der Waals surface area contributed by atoms with Crippen LogP contribution >= 0.6 is 27.7 Å². The van der Waals surface area contributed by atoms with Crippen LogP contribution in [-0.2, 0) is 23.2 Å². The molecule has 5 heteroatoms. The van der Waals surface area contributed by atoms with Crippen molar-refractivity contribution in [1.82, 2.24) is 0 Å². The van der Waals surface area contributed by atoms with E-state index in [1.165, 1.54) is 21.4 Å². The molecule has 0 N–H and O–H groups in total. The Morgan fingerprint density at radius 3 is 2.76 bits per heavy atom. The molecule has 0 saturated heterocycles. The third kappa shape index (κ3) is 3.23. The van der Waals surface area contributed by atoms with Gasteiger partial charge < -0.3 is 24.8 Å². The number of halogens is 3. The fraction of sp³-hybridized carbons (Fsp3) is 0.125. The monoisotopic (exact) mass is 474 g/mol. The van der Waals surface area contributed by atoms with Gasteiger partial charge in [0.15, 0.2) is 0 Å². The molecule has 0 saturated carbocycles. The summed E-state index contributed by atoms with van der Waals surface area (Å²) in [4.78, 5) is 0. The van der Waals surface area contributed by atoms with Gasteiger partial charge in [-0.1, -0.05) is 0 Å². The van der Waals surface area contributed by atoms with Crippen molar-refractivity contribution in [3.8, 4) is 0 Å². The minimum absolute atomic E-state index is 0. The van der Waals surface area contributed by atoms with Crippen LogP contribution in [0.15, 0.2) is 58.4 Å². The van der Waals surface area contributed by atoms with Gasteiger partial charge in [0.2, 0.25) is 0 Å². The van der Waals surface area contributed by atoms with Gasteiger partial charge in [-0.25, -0.2) is 0 Å².